The molecule has 0 atom stereocenters. The zero-order valence-corrected chi connectivity index (χ0v) is 33.3. The maximum absolute atomic E-state index is 6.47. The van der Waals surface area contributed by atoms with Gasteiger partial charge in [-0.1, -0.05) is 188 Å². The van der Waals surface area contributed by atoms with E-state index in [0.29, 0.717) is 17.6 Å². The van der Waals surface area contributed by atoms with Gasteiger partial charge in [0.2, 0.25) is 5.95 Å². The maximum Gasteiger partial charge on any atom is 0.238 e. The fraction of sp³-hybridized carbons (Fsp3) is 0. The number of rotatable bonds is 5. The van der Waals surface area contributed by atoms with E-state index in [1.54, 1.807) is 0 Å². The molecule has 0 unspecified atom stereocenters. The van der Waals surface area contributed by atoms with Crippen LogP contribution in [-0.4, -0.2) is 19.5 Å². The molecule has 3 aromatic heterocycles. The molecular weight excluding hydrogens is 757 g/mol. The Morgan fingerprint density at radius 3 is 1.71 bits per heavy atom. The van der Waals surface area contributed by atoms with Crippen LogP contribution in [0.25, 0.3) is 127 Å². The minimum Gasteiger partial charge on any atom is -0.456 e. The molecule has 3 heterocycles. The largest absolute Gasteiger partial charge is 0.456 e. The third-order valence-corrected chi connectivity index (χ3v) is 12.4. The molecule has 288 valence electrons. The highest BCUT2D eigenvalue weighted by molar-refractivity contribution is 6.33. The summed E-state index contributed by atoms with van der Waals surface area (Å²) in [6.45, 7) is 0. The molecule has 0 saturated heterocycles. The van der Waals surface area contributed by atoms with Crippen LogP contribution in [-0.2, 0) is 0 Å². The average Bonchev–Trinajstić information content (AvgIpc) is 3.91. The molecule has 0 fully saturated rings. The summed E-state index contributed by atoms with van der Waals surface area (Å²) in [6.07, 6.45) is 0. The van der Waals surface area contributed by atoms with E-state index >= 15 is 0 Å². The van der Waals surface area contributed by atoms with Crippen LogP contribution in [0, 0.1) is 0 Å². The third kappa shape index (κ3) is 5.25. The van der Waals surface area contributed by atoms with Crippen molar-refractivity contribution in [1.82, 2.24) is 19.5 Å². The Kier molecular flexibility index (Phi) is 7.54. The summed E-state index contributed by atoms with van der Waals surface area (Å²) in [5.41, 5.74) is 10.0. The quantitative estimate of drug-likeness (QED) is 0.163. The Hall–Kier alpha value is -8.41. The summed E-state index contributed by atoms with van der Waals surface area (Å²) in [4.78, 5) is 16.2. The SMILES string of the molecule is c1ccc(-c2ccc(-c3nc(-c4ccc5ccccc5c4)nc(-n4c5c(-c6cccc7oc8ccccc8c67)cccc5c5c6ccccc6c6ccccc6c54)n3)cc2)cc1. The van der Waals surface area contributed by atoms with Crippen molar-refractivity contribution in [1.29, 1.82) is 0 Å². The number of nitrogens with zero attached hydrogens (tertiary/aromatic N) is 4. The Morgan fingerprint density at radius 2 is 0.887 bits per heavy atom. The minimum atomic E-state index is 0.544. The normalized spacial score (nSPS) is 11.9. The number of fused-ring (bicyclic) bond motifs is 12. The highest BCUT2D eigenvalue weighted by atomic mass is 16.3. The van der Waals surface area contributed by atoms with E-state index in [2.05, 4.69) is 193 Å². The first-order valence-electron chi connectivity index (χ1n) is 20.9. The van der Waals surface area contributed by atoms with Gasteiger partial charge in [-0.2, -0.15) is 9.97 Å². The van der Waals surface area contributed by atoms with Crippen molar-refractivity contribution in [3.63, 3.8) is 0 Å². The van der Waals surface area contributed by atoms with Gasteiger partial charge >= 0.3 is 0 Å². The molecule has 5 nitrogen and oxygen atoms in total. The van der Waals surface area contributed by atoms with Crippen LogP contribution < -0.4 is 0 Å². The van der Waals surface area contributed by atoms with Crippen molar-refractivity contribution >= 4 is 76.1 Å². The number of hydrogen-bond donors (Lipinski definition) is 0. The van der Waals surface area contributed by atoms with Gasteiger partial charge in [0, 0.05) is 43.6 Å². The monoisotopic (exact) mass is 790 g/mol. The zero-order valence-electron chi connectivity index (χ0n) is 33.3. The lowest BCUT2D eigenvalue weighted by Gasteiger charge is -2.15. The highest BCUT2D eigenvalue weighted by Crippen LogP contribution is 2.47. The van der Waals surface area contributed by atoms with Gasteiger partial charge in [0.1, 0.15) is 11.2 Å². The van der Waals surface area contributed by atoms with E-state index in [1.165, 1.54) is 16.2 Å². The lowest BCUT2D eigenvalue weighted by atomic mass is 9.95. The molecule has 0 amide bonds. The Bertz CT molecular complexity index is 3920. The van der Waals surface area contributed by atoms with Crippen molar-refractivity contribution < 1.29 is 4.42 Å². The molecule has 13 aromatic rings. The van der Waals surface area contributed by atoms with Gasteiger partial charge < -0.3 is 4.42 Å². The molecule has 0 N–H and O–H groups in total. The second-order valence-electron chi connectivity index (χ2n) is 15.9. The summed E-state index contributed by atoms with van der Waals surface area (Å²) in [5.74, 6) is 1.74. The van der Waals surface area contributed by atoms with Gasteiger partial charge in [0.15, 0.2) is 11.6 Å². The summed E-state index contributed by atoms with van der Waals surface area (Å²) in [6, 6.07) is 72.7. The molecule has 0 aliphatic rings. The molecule has 5 heteroatoms. The van der Waals surface area contributed by atoms with E-state index in [1.807, 2.05) is 18.2 Å². The van der Waals surface area contributed by atoms with Gasteiger partial charge in [0.05, 0.1) is 11.0 Å². The summed E-state index contributed by atoms with van der Waals surface area (Å²) < 4.78 is 8.78. The van der Waals surface area contributed by atoms with E-state index in [9.17, 15) is 0 Å². The second kappa shape index (κ2) is 13.6. The molecular formula is C57H34N4O. The molecule has 0 saturated carbocycles. The molecule has 13 rings (SSSR count). The second-order valence-corrected chi connectivity index (χ2v) is 15.9. The van der Waals surface area contributed by atoms with Crippen LogP contribution in [0.5, 0.6) is 0 Å². The van der Waals surface area contributed by atoms with Crippen molar-refractivity contribution in [3.8, 4) is 51.0 Å². The molecule has 0 bridgehead atoms. The molecule has 62 heavy (non-hydrogen) atoms. The fourth-order valence-corrected chi connectivity index (χ4v) is 9.64. The molecule has 0 spiro atoms. The molecule has 0 radical (unpaired) electrons. The number of hydrogen-bond acceptors (Lipinski definition) is 4. The number of furan rings is 1. The smallest absolute Gasteiger partial charge is 0.238 e. The Balaban J connectivity index is 1.18. The van der Waals surface area contributed by atoms with Crippen LogP contribution in [0.2, 0.25) is 0 Å². The van der Waals surface area contributed by atoms with Gasteiger partial charge in [-0.15, -0.1) is 0 Å². The number of para-hydroxylation sites is 2. The molecule has 0 aliphatic heterocycles. The zero-order chi connectivity index (χ0) is 40.7. The van der Waals surface area contributed by atoms with Crippen LogP contribution in [0.4, 0.5) is 0 Å². The predicted octanol–water partition coefficient (Wildman–Crippen LogP) is 15.0. The van der Waals surface area contributed by atoms with Crippen LogP contribution in [0.1, 0.15) is 0 Å². The maximum atomic E-state index is 6.47. The van der Waals surface area contributed by atoms with Gasteiger partial charge in [-0.05, 0) is 61.8 Å². The van der Waals surface area contributed by atoms with Gasteiger partial charge in [-0.25, -0.2) is 4.98 Å². The lowest BCUT2D eigenvalue weighted by Crippen LogP contribution is -2.07. The first-order chi connectivity index (χ1) is 30.7. The van der Waals surface area contributed by atoms with E-state index in [-0.39, 0.29) is 0 Å². The van der Waals surface area contributed by atoms with Crippen molar-refractivity contribution in [2.45, 2.75) is 0 Å². The van der Waals surface area contributed by atoms with Crippen molar-refractivity contribution in [2.24, 2.45) is 0 Å². The van der Waals surface area contributed by atoms with Crippen molar-refractivity contribution in [2.75, 3.05) is 0 Å². The number of aromatic nitrogens is 4. The van der Waals surface area contributed by atoms with E-state index in [4.69, 9.17) is 19.4 Å². The summed E-state index contributed by atoms with van der Waals surface area (Å²) >= 11 is 0. The fourth-order valence-electron chi connectivity index (χ4n) is 9.64. The van der Waals surface area contributed by atoms with Crippen LogP contribution >= 0.6 is 0 Å². The Morgan fingerprint density at radius 1 is 0.323 bits per heavy atom. The van der Waals surface area contributed by atoms with Crippen molar-refractivity contribution in [3.05, 3.63) is 206 Å². The topological polar surface area (TPSA) is 56.7 Å². The average molecular weight is 791 g/mol. The van der Waals surface area contributed by atoms with Crippen LogP contribution in [0.3, 0.4) is 0 Å². The standard InChI is InChI=1S/C57H34N4O/c1-2-14-35(15-3-1)37-28-31-38(32-29-37)55-58-56(40-33-30-36-16-4-5-17-39(36)34-40)60-57(59-55)61-53-46(44-23-13-27-50-51(44)47-22-10-11-26-49(47)62-50)24-12-25-48(53)52-43-20-8-6-18-41(43)42-19-7-9-21-45(42)54(52)61/h1-34H. The third-order valence-electron chi connectivity index (χ3n) is 12.4. The highest BCUT2D eigenvalue weighted by Gasteiger charge is 2.25. The van der Waals surface area contributed by atoms with E-state index < -0.39 is 0 Å². The van der Waals surface area contributed by atoms with Gasteiger partial charge in [-0.3, -0.25) is 4.57 Å². The van der Waals surface area contributed by atoms with Crippen LogP contribution in [0.15, 0.2) is 211 Å². The van der Waals surface area contributed by atoms with E-state index in [0.717, 1.165) is 93.3 Å². The minimum absolute atomic E-state index is 0.544. The van der Waals surface area contributed by atoms with Gasteiger partial charge in [0.25, 0.3) is 0 Å². The number of benzene rings is 10. The molecule has 0 aliphatic carbocycles. The first-order valence-corrected chi connectivity index (χ1v) is 20.9. The lowest BCUT2D eigenvalue weighted by molar-refractivity contribution is 0.669. The Labute approximate surface area is 355 Å². The first kappa shape index (κ1) is 34.5. The molecule has 10 aromatic carbocycles. The summed E-state index contributed by atoms with van der Waals surface area (Å²) in [7, 11) is 0. The predicted molar refractivity (Wildman–Crippen MR) is 256 cm³/mol. The summed E-state index contributed by atoms with van der Waals surface area (Å²) in [5, 5.41) is 11.4.